The van der Waals surface area contributed by atoms with E-state index < -0.39 is 0 Å². The molecule has 4 heteroatoms. The Morgan fingerprint density at radius 3 is 2.74 bits per heavy atom. The van der Waals surface area contributed by atoms with E-state index in [1.807, 2.05) is 11.3 Å². The SMILES string of the molecule is Cc1sc(N2CCCCC2)nc1-c1cccc(Br)c1. The Kier molecular flexibility index (Phi) is 3.89. The summed E-state index contributed by atoms with van der Waals surface area (Å²) < 4.78 is 1.11. The lowest BCUT2D eigenvalue weighted by atomic mass is 10.1. The van der Waals surface area contributed by atoms with Crippen molar-refractivity contribution in [3.63, 3.8) is 0 Å². The van der Waals surface area contributed by atoms with Crippen LogP contribution in [-0.4, -0.2) is 18.1 Å². The summed E-state index contributed by atoms with van der Waals surface area (Å²) in [5.74, 6) is 0. The molecule has 1 fully saturated rings. The van der Waals surface area contributed by atoms with Crippen molar-refractivity contribution in [2.45, 2.75) is 26.2 Å². The van der Waals surface area contributed by atoms with Gasteiger partial charge in [-0.15, -0.1) is 11.3 Å². The second-order valence-corrected chi connectivity index (χ2v) is 7.06. The van der Waals surface area contributed by atoms with Crippen LogP contribution >= 0.6 is 27.3 Å². The summed E-state index contributed by atoms with van der Waals surface area (Å²) in [6.07, 6.45) is 3.95. The summed E-state index contributed by atoms with van der Waals surface area (Å²) >= 11 is 5.35. The van der Waals surface area contributed by atoms with Gasteiger partial charge in [-0.25, -0.2) is 4.98 Å². The van der Waals surface area contributed by atoms with Crippen LogP contribution in [0.15, 0.2) is 28.7 Å². The Bertz CT molecular complexity index is 573. The molecular weight excluding hydrogens is 320 g/mol. The fourth-order valence-electron chi connectivity index (χ4n) is 2.51. The smallest absolute Gasteiger partial charge is 0.186 e. The first-order valence-corrected chi connectivity index (χ1v) is 8.33. The van der Waals surface area contributed by atoms with Gasteiger partial charge in [-0.2, -0.15) is 0 Å². The van der Waals surface area contributed by atoms with E-state index in [1.165, 1.54) is 34.8 Å². The monoisotopic (exact) mass is 336 g/mol. The van der Waals surface area contributed by atoms with Gasteiger partial charge in [-0.05, 0) is 38.3 Å². The van der Waals surface area contributed by atoms with Crippen molar-refractivity contribution in [3.8, 4) is 11.3 Å². The van der Waals surface area contributed by atoms with E-state index in [9.17, 15) is 0 Å². The van der Waals surface area contributed by atoms with Crippen LogP contribution in [0.2, 0.25) is 0 Å². The molecule has 1 aliphatic rings. The fourth-order valence-corrected chi connectivity index (χ4v) is 3.89. The number of aromatic nitrogens is 1. The summed E-state index contributed by atoms with van der Waals surface area (Å²) in [4.78, 5) is 8.61. The molecule has 0 aliphatic carbocycles. The molecule has 19 heavy (non-hydrogen) atoms. The molecule has 0 atom stereocenters. The van der Waals surface area contributed by atoms with Crippen LogP contribution in [0.25, 0.3) is 11.3 Å². The number of rotatable bonds is 2. The largest absolute Gasteiger partial charge is 0.348 e. The summed E-state index contributed by atoms with van der Waals surface area (Å²) in [6.45, 7) is 4.48. The van der Waals surface area contributed by atoms with Gasteiger partial charge in [0, 0.05) is 28.0 Å². The predicted octanol–water partition coefficient (Wildman–Crippen LogP) is 4.87. The molecule has 0 amide bonds. The minimum absolute atomic E-state index is 1.11. The maximum Gasteiger partial charge on any atom is 0.186 e. The quantitative estimate of drug-likeness (QED) is 0.777. The molecule has 0 spiro atoms. The highest BCUT2D eigenvalue weighted by Crippen LogP contribution is 2.34. The molecule has 1 saturated heterocycles. The van der Waals surface area contributed by atoms with Crippen molar-refractivity contribution in [3.05, 3.63) is 33.6 Å². The predicted molar refractivity (Wildman–Crippen MR) is 86.1 cm³/mol. The molecular formula is C15H17BrN2S. The van der Waals surface area contributed by atoms with Crippen LogP contribution in [0.5, 0.6) is 0 Å². The Balaban J connectivity index is 1.92. The Morgan fingerprint density at radius 1 is 1.21 bits per heavy atom. The Labute approximate surface area is 126 Å². The lowest BCUT2D eigenvalue weighted by Crippen LogP contribution is -2.29. The van der Waals surface area contributed by atoms with Gasteiger partial charge in [0.15, 0.2) is 5.13 Å². The number of thiazole rings is 1. The van der Waals surface area contributed by atoms with Crippen molar-refractivity contribution in [2.24, 2.45) is 0 Å². The summed E-state index contributed by atoms with van der Waals surface area (Å²) in [5.41, 5.74) is 2.33. The van der Waals surface area contributed by atoms with Gasteiger partial charge in [0.05, 0.1) is 5.69 Å². The van der Waals surface area contributed by atoms with E-state index in [4.69, 9.17) is 4.98 Å². The molecule has 1 aliphatic heterocycles. The number of benzene rings is 1. The molecule has 2 nitrogen and oxygen atoms in total. The summed E-state index contributed by atoms with van der Waals surface area (Å²) in [7, 11) is 0. The maximum atomic E-state index is 4.87. The number of piperidine rings is 1. The lowest BCUT2D eigenvalue weighted by Gasteiger charge is -2.25. The highest BCUT2D eigenvalue weighted by Gasteiger charge is 2.17. The lowest BCUT2D eigenvalue weighted by molar-refractivity contribution is 0.577. The Morgan fingerprint density at radius 2 is 2.00 bits per heavy atom. The van der Waals surface area contributed by atoms with Crippen LogP contribution in [0.4, 0.5) is 5.13 Å². The number of hydrogen-bond acceptors (Lipinski definition) is 3. The molecule has 1 aromatic heterocycles. The molecule has 1 aromatic carbocycles. The zero-order valence-electron chi connectivity index (χ0n) is 11.0. The zero-order valence-corrected chi connectivity index (χ0v) is 13.4. The van der Waals surface area contributed by atoms with Gasteiger partial charge in [0.2, 0.25) is 0 Å². The van der Waals surface area contributed by atoms with E-state index in [0.29, 0.717) is 0 Å². The van der Waals surface area contributed by atoms with Gasteiger partial charge < -0.3 is 4.90 Å². The number of hydrogen-bond donors (Lipinski definition) is 0. The topological polar surface area (TPSA) is 16.1 Å². The number of nitrogens with zero attached hydrogens (tertiary/aromatic N) is 2. The van der Waals surface area contributed by atoms with Crippen LogP contribution in [0.3, 0.4) is 0 Å². The van der Waals surface area contributed by atoms with E-state index >= 15 is 0 Å². The van der Waals surface area contributed by atoms with Gasteiger partial charge >= 0.3 is 0 Å². The van der Waals surface area contributed by atoms with Gasteiger partial charge in [0.25, 0.3) is 0 Å². The third-order valence-electron chi connectivity index (χ3n) is 3.51. The van der Waals surface area contributed by atoms with E-state index in [2.05, 4.69) is 52.0 Å². The third-order valence-corrected chi connectivity index (χ3v) is 5.03. The summed E-state index contributed by atoms with van der Waals surface area (Å²) in [5, 5.41) is 1.19. The first-order valence-electron chi connectivity index (χ1n) is 6.72. The van der Waals surface area contributed by atoms with Crippen LogP contribution in [0.1, 0.15) is 24.1 Å². The molecule has 0 saturated carbocycles. The van der Waals surface area contributed by atoms with Crippen LogP contribution < -0.4 is 4.90 Å². The minimum Gasteiger partial charge on any atom is -0.348 e. The number of anilines is 1. The second-order valence-electron chi connectivity index (χ2n) is 4.96. The average molecular weight is 337 g/mol. The number of halogens is 1. The second kappa shape index (κ2) is 5.63. The summed E-state index contributed by atoms with van der Waals surface area (Å²) in [6, 6.07) is 8.39. The first-order chi connectivity index (χ1) is 9.24. The van der Waals surface area contributed by atoms with Crippen molar-refractivity contribution >= 4 is 32.4 Å². The standard InChI is InChI=1S/C15H17BrN2S/c1-11-14(12-6-5-7-13(16)10-12)17-15(19-11)18-8-3-2-4-9-18/h5-7,10H,2-4,8-9H2,1H3. The molecule has 2 aromatic rings. The molecule has 0 bridgehead atoms. The van der Waals surface area contributed by atoms with E-state index in [-0.39, 0.29) is 0 Å². The molecule has 3 rings (SSSR count). The number of aryl methyl sites for hydroxylation is 1. The fraction of sp³-hybridized carbons (Fsp3) is 0.400. The zero-order chi connectivity index (χ0) is 13.2. The van der Waals surface area contributed by atoms with Crippen LogP contribution in [0, 0.1) is 6.92 Å². The van der Waals surface area contributed by atoms with E-state index in [1.54, 1.807) is 0 Å². The molecule has 0 unspecified atom stereocenters. The first kappa shape index (κ1) is 13.1. The normalized spacial score (nSPS) is 15.8. The third kappa shape index (κ3) is 2.84. The molecule has 100 valence electrons. The highest BCUT2D eigenvalue weighted by molar-refractivity contribution is 9.10. The highest BCUT2D eigenvalue weighted by atomic mass is 79.9. The van der Waals surface area contributed by atoms with Crippen LogP contribution in [-0.2, 0) is 0 Å². The van der Waals surface area contributed by atoms with Crippen molar-refractivity contribution in [1.82, 2.24) is 4.98 Å². The molecule has 2 heterocycles. The minimum atomic E-state index is 1.11. The van der Waals surface area contributed by atoms with Gasteiger partial charge in [-0.3, -0.25) is 0 Å². The van der Waals surface area contributed by atoms with Crippen molar-refractivity contribution in [2.75, 3.05) is 18.0 Å². The van der Waals surface area contributed by atoms with Gasteiger partial charge in [0.1, 0.15) is 0 Å². The van der Waals surface area contributed by atoms with Gasteiger partial charge in [-0.1, -0.05) is 28.1 Å². The maximum absolute atomic E-state index is 4.87. The van der Waals surface area contributed by atoms with Crippen molar-refractivity contribution < 1.29 is 0 Å². The van der Waals surface area contributed by atoms with Crippen molar-refractivity contribution in [1.29, 1.82) is 0 Å². The molecule has 0 N–H and O–H groups in total. The Hall–Kier alpha value is -0.870. The van der Waals surface area contributed by atoms with E-state index in [0.717, 1.165) is 23.3 Å². The average Bonchev–Trinajstić information content (AvgIpc) is 2.82. The molecule has 0 radical (unpaired) electrons.